The lowest BCUT2D eigenvalue weighted by Crippen LogP contribution is -2.24. The van der Waals surface area contributed by atoms with Crippen molar-refractivity contribution in [2.75, 3.05) is 12.3 Å². The van der Waals surface area contributed by atoms with Crippen LogP contribution in [0.2, 0.25) is 0 Å². The van der Waals surface area contributed by atoms with E-state index in [-0.39, 0.29) is 0 Å². The topological polar surface area (TPSA) is 38.0 Å². The van der Waals surface area contributed by atoms with Gasteiger partial charge in [0.25, 0.3) is 0 Å². The summed E-state index contributed by atoms with van der Waals surface area (Å²) < 4.78 is 0. The van der Waals surface area contributed by atoms with Gasteiger partial charge in [0.2, 0.25) is 0 Å². The van der Waals surface area contributed by atoms with Crippen LogP contribution >= 0.6 is 0 Å². The third kappa shape index (κ3) is 1.92. The fraction of sp³-hybridized carbons (Fsp3) is 0.200. The van der Waals surface area contributed by atoms with Crippen LogP contribution in [-0.2, 0) is 13.0 Å². The molecule has 3 rings (SSSR count). The monoisotopic (exact) mass is 224 g/mol. The van der Waals surface area contributed by atoms with Gasteiger partial charge in [-0.05, 0) is 47.4 Å². The molecule has 2 aromatic rings. The molecule has 3 N–H and O–H groups in total. The summed E-state index contributed by atoms with van der Waals surface area (Å²) in [4.78, 5) is 0. The number of nitrogen functional groups attached to an aromatic ring is 1. The number of benzene rings is 2. The van der Waals surface area contributed by atoms with Crippen molar-refractivity contribution in [2.45, 2.75) is 13.0 Å². The summed E-state index contributed by atoms with van der Waals surface area (Å²) in [5.74, 6) is 0. The molecule has 86 valence electrons. The van der Waals surface area contributed by atoms with Gasteiger partial charge in [-0.3, -0.25) is 0 Å². The minimum absolute atomic E-state index is 0.828. The van der Waals surface area contributed by atoms with Gasteiger partial charge in [-0.25, -0.2) is 0 Å². The predicted molar refractivity (Wildman–Crippen MR) is 71.7 cm³/mol. The van der Waals surface area contributed by atoms with Gasteiger partial charge in [-0.2, -0.15) is 0 Å². The van der Waals surface area contributed by atoms with Gasteiger partial charge in [0.1, 0.15) is 0 Å². The summed E-state index contributed by atoms with van der Waals surface area (Å²) >= 11 is 0. The van der Waals surface area contributed by atoms with Gasteiger partial charge in [-0.1, -0.05) is 30.3 Å². The molecule has 2 aromatic carbocycles. The van der Waals surface area contributed by atoms with E-state index in [0.717, 1.165) is 25.2 Å². The standard InChI is InChI=1S/C15H16N2/c16-13-5-1-3-11(9-13)14-6-2-4-12-10-17-8-7-15(12)14/h1-6,9,17H,7-8,10,16H2. The zero-order valence-electron chi connectivity index (χ0n) is 9.74. The number of rotatable bonds is 1. The highest BCUT2D eigenvalue weighted by Crippen LogP contribution is 2.29. The van der Waals surface area contributed by atoms with Crippen LogP contribution in [0.25, 0.3) is 11.1 Å². The molecule has 0 fully saturated rings. The van der Waals surface area contributed by atoms with Crippen LogP contribution in [0, 0.1) is 0 Å². The average Bonchev–Trinajstić information content (AvgIpc) is 2.38. The predicted octanol–water partition coefficient (Wildman–Crippen LogP) is 2.58. The second-order valence-electron chi connectivity index (χ2n) is 4.50. The molecule has 0 spiro atoms. The molecular formula is C15H16N2. The van der Waals surface area contributed by atoms with Crippen molar-refractivity contribution in [3.8, 4) is 11.1 Å². The maximum atomic E-state index is 5.86. The Morgan fingerprint density at radius 2 is 1.94 bits per heavy atom. The molecule has 0 radical (unpaired) electrons. The molecule has 17 heavy (non-hydrogen) atoms. The van der Waals surface area contributed by atoms with Crippen molar-refractivity contribution in [3.05, 3.63) is 53.6 Å². The van der Waals surface area contributed by atoms with Gasteiger partial charge >= 0.3 is 0 Å². The van der Waals surface area contributed by atoms with Gasteiger partial charge in [-0.15, -0.1) is 0 Å². The Bertz CT molecular complexity index is 546. The molecule has 0 bridgehead atoms. The van der Waals surface area contributed by atoms with Gasteiger partial charge < -0.3 is 11.1 Å². The number of anilines is 1. The fourth-order valence-electron chi connectivity index (χ4n) is 2.51. The summed E-state index contributed by atoms with van der Waals surface area (Å²) in [6.45, 7) is 2.04. The van der Waals surface area contributed by atoms with E-state index < -0.39 is 0 Å². The van der Waals surface area contributed by atoms with E-state index in [1.165, 1.54) is 22.3 Å². The SMILES string of the molecule is Nc1cccc(-c2cccc3c2CCNC3)c1. The second kappa shape index (κ2) is 4.22. The molecule has 0 atom stereocenters. The normalized spacial score (nSPS) is 14.4. The summed E-state index contributed by atoms with van der Waals surface area (Å²) in [5, 5.41) is 3.41. The van der Waals surface area contributed by atoms with Crippen LogP contribution in [0.3, 0.4) is 0 Å². The van der Waals surface area contributed by atoms with Gasteiger partial charge in [0, 0.05) is 12.2 Å². The van der Waals surface area contributed by atoms with E-state index >= 15 is 0 Å². The van der Waals surface area contributed by atoms with E-state index in [4.69, 9.17) is 5.73 Å². The fourth-order valence-corrected chi connectivity index (χ4v) is 2.51. The number of fused-ring (bicyclic) bond motifs is 1. The summed E-state index contributed by atoms with van der Waals surface area (Å²) in [5.41, 5.74) is 12.1. The van der Waals surface area contributed by atoms with Gasteiger partial charge in [0.05, 0.1) is 0 Å². The second-order valence-corrected chi connectivity index (χ2v) is 4.50. The molecule has 0 aliphatic carbocycles. The largest absolute Gasteiger partial charge is 0.399 e. The van der Waals surface area contributed by atoms with Crippen molar-refractivity contribution in [3.63, 3.8) is 0 Å². The van der Waals surface area contributed by atoms with Crippen LogP contribution < -0.4 is 11.1 Å². The molecule has 1 aliphatic heterocycles. The van der Waals surface area contributed by atoms with E-state index in [0.29, 0.717) is 0 Å². The molecule has 0 amide bonds. The lowest BCUT2D eigenvalue weighted by molar-refractivity contribution is 0.645. The quantitative estimate of drug-likeness (QED) is 0.731. The number of hydrogen-bond donors (Lipinski definition) is 2. The highest BCUT2D eigenvalue weighted by Gasteiger charge is 2.13. The maximum absolute atomic E-state index is 5.86. The van der Waals surface area contributed by atoms with Crippen LogP contribution in [0.1, 0.15) is 11.1 Å². The molecule has 1 aliphatic rings. The third-order valence-corrected chi connectivity index (χ3v) is 3.34. The van der Waals surface area contributed by atoms with E-state index in [2.05, 4.69) is 35.6 Å². The smallest absolute Gasteiger partial charge is 0.0320 e. The summed E-state index contributed by atoms with van der Waals surface area (Å²) in [6, 6.07) is 14.7. The molecule has 2 heteroatoms. The Labute approximate surface area is 101 Å². The Morgan fingerprint density at radius 1 is 1.06 bits per heavy atom. The molecule has 0 saturated heterocycles. The Morgan fingerprint density at radius 3 is 2.82 bits per heavy atom. The molecule has 2 nitrogen and oxygen atoms in total. The van der Waals surface area contributed by atoms with E-state index in [1.54, 1.807) is 0 Å². The zero-order valence-corrected chi connectivity index (χ0v) is 9.74. The summed E-state index contributed by atoms with van der Waals surface area (Å²) in [6.07, 6.45) is 1.10. The molecule has 0 unspecified atom stereocenters. The lowest BCUT2D eigenvalue weighted by atomic mass is 9.91. The van der Waals surface area contributed by atoms with Crippen LogP contribution in [0.4, 0.5) is 5.69 Å². The number of nitrogens with one attached hydrogen (secondary N) is 1. The lowest BCUT2D eigenvalue weighted by Gasteiger charge is -2.20. The highest BCUT2D eigenvalue weighted by molar-refractivity contribution is 5.71. The minimum atomic E-state index is 0.828. The van der Waals surface area contributed by atoms with Gasteiger partial charge in [0.15, 0.2) is 0 Å². The van der Waals surface area contributed by atoms with Crippen molar-refractivity contribution < 1.29 is 0 Å². The first-order valence-corrected chi connectivity index (χ1v) is 6.02. The third-order valence-electron chi connectivity index (χ3n) is 3.34. The van der Waals surface area contributed by atoms with Crippen LogP contribution in [0.15, 0.2) is 42.5 Å². The van der Waals surface area contributed by atoms with Crippen molar-refractivity contribution in [2.24, 2.45) is 0 Å². The number of hydrogen-bond acceptors (Lipinski definition) is 2. The first-order valence-electron chi connectivity index (χ1n) is 6.02. The maximum Gasteiger partial charge on any atom is 0.0320 e. The molecular weight excluding hydrogens is 208 g/mol. The van der Waals surface area contributed by atoms with Crippen molar-refractivity contribution in [1.82, 2.24) is 5.32 Å². The van der Waals surface area contributed by atoms with E-state index in [9.17, 15) is 0 Å². The van der Waals surface area contributed by atoms with Crippen molar-refractivity contribution >= 4 is 5.69 Å². The average molecular weight is 224 g/mol. The molecule has 0 aromatic heterocycles. The Balaban J connectivity index is 2.14. The van der Waals surface area contributed by atoms with Crippen LogP contribution in [-0.4, -0.2) is 6.54 Å². The Hall–Kier alpha value is -1.80. The summed E-state index contributed by atoms with van der Waals surface area (Å²) in [7, 11) is 0. The minimum Gasteiger partial charge on any atom is -0.399 e. The Kier molecular flexibility index (Phi) is 2.57. The highest BCUT2D eigenvalue weighted by atomic mass is 14.9. The van der Waals surface area contributed by atoms with E-state index in [1.807, 2.05) is 12.1 Å². The van der Waals surface area contributed by atoms with Crippen LogP contribution in [0.5, 0.6) is 0 Å². The first kappa shape index (κ1) is 10.4. The molecule has 0 saturated carbocycles. The molecule has 1 heterocycles. The number of nitrogens with two attached hydrogens (primary N) is 1. The van der Waals surface area contributed by atoms with Crippen molar-refractivity contribution in [1.29, 1.82) is 0 Å². The first-order chi connectivity index (χ1) is 8.34. The zero-order chi connectivity index (χ0) is 11.7.